The third kappa shape index (κ3) is 2.71. The average Bonchev–Trinajstić information content (AvgIpc) is 2.90. The fourth-order valence-corrected chi connectivity index (χ4v) is 2.68. The summed E-state index contributed by atoms with van der Waals surface area (Å²) in [4.78, 5) is 16.2. The Morgan fingerprint density at radius 2 is 1.87 bits per heavy atom. The standard InChI is InChI=1S/C18H19N3O2/c1-11(2)12-4-6-13(7-5-12)17-19-15-10-14(18(22)20-23)8-9-16(15)21(17)3/h4-11,23H,1-3H3,(H,20,22). The van der Waals surface area contributed by atoms with Crippen LogP contribution in [0.4, 0.5) is 0 Å². The van der Waals surface area contributed by atoms with Gasteiger partial charge in [-0.25, -0.2) is 10.5 Å². The predicted octanol–water partition coefficient (Wildman–Crippen LogP) is 3.48. The minimum Gasteiger partial charge on any atom is -0.327 e. The van der Waals surface area contributed by atoms with Crippen molar-refractivity contribution in [3.8, 4) is 11.4 Å². The van der Waals surface area contributed by atoms with Crippen molar-refractivity contribution in [1.82, 2.24) is 15.0 Å². The van der Waals surface area contributed by atoms with Gasteiger partial charge in [-0.2, -0.15) is 0 Å². The molecule has 0 bridgehead atoms. The zero-order chi connectivity index (χ0) is 16.6. The molecule has 0 aliphatic carbocycles. The number of benzene rings is 2. The number of rotatable bonds is 3. The molecule has 2 N–H and O–H groups in total. The molecule has 0 atom stereocenters. The van der Waals surface area contributed by atoms with E-state index >= 15 is 0 Å². The van der Waals surface area contributed by atoms with Crippen LogP contribution in [0.15, 0.2) is 42.5 Å². The van der Waals surface area contributed by atoms with Gasteiger partial charge in [-0.1, -0.05) is 38.1 Å². The molecular formula is C18H19N3O2. The molecule has 2 aromatic carbocycles. The van der Waals surface area contributed by atoms with E-state index in [1.165, 1.54) is 5.56 Å². The summed E-state index contributed by atoms with van der Waals surface area (Å²) >= 11 is 0. The van der Waals surface area contributed by atoms with E-state index in [4.69, 9.17) is 5.21 Å². The number of hydroxylamine groups is 1. The third-order valence-electron chi connectivity index (χ3n) is 4.08. The van der Waals surface area contributed by atoms with Gasteiger partial charge in [-0.15, -0.1) is 0 Å². The maximum absolute atomic E-state index is 11.5. The van der Waals surface area contributed by atoms with Crippen LogP contribution >= 0.6 is 0 Å². The zero-order valence-electron chi connectivity index (χ0n) is 13.4. The Balaban J connectivity index is 2.07. The highest BCUT2D eigenvalue weighted by atomic mass is 16.5. The lowest BCUT2D eigenvalue weighted by Crippen LogP contribution is -2.18. The number of aromatic nitrogens is 2. The highest BCUT2D eigenvalue weighted by Gasteiger charge is 2.13. The molecule has 1 heterocycles. The Bertz CT molecular complexity index is 864. The number of carbonyl (C=O) groups is 1. The number of carbonyl (C=O) groups excluding carboxylic acids is 1. The SMILES string of the molecule is CC(C)c1ccc(-c2nc3cc(C(=O)NO)ccc3n2C)cc1. The molecule has 0 radical (unpaired) electrons. The Labute approximate surface area is 134 Å². The molecule has 0 saturated carbocycles. The van der Waals surface area contributed by atoms with Gasteiger partial charge in [0.15, 0.2) is 0 Å². The van der Waals surface area contributed by atoms with E-state index in [-0.39, 0.29) is 0 Å². The van der Waals surface area contributed by atoms with Crippen LogP contribution in [0.3, 0.4) is 0 Å². The van der Waals surface area contributed by atoms with Gasteiger partial charge < -0.3 is 4.57 Å². The maximum atomic E-state index is 11.5. The van der Waals surface area contributed by atoms with Gasteiger partial charge in [0.25, 0.3) is 5.91 Å². The van der Waals surface area contributed by atoms with Crippen molar-refractivity contribution >= 4 is 16.9 Å². The Morgan fingerprint density at radius 3 is 2.48 bits per heavy atom. The fourth-order valence-electron chi connectivity index (χ4n) is 2.68. The van der Waals surface area contributed by atoms with Gasteiger partial charge in [0, 0.05) is 18.2 Å². The number of nitrogens with zero attached hydrogens (tertiary/aromatic N) is 2. The molecule has 0 spiro atoms. The average molecular weight is 309 g/mol. The van der Waals surface area contributed by atoms with Crippen LogP contribution in [0, 0.1) is 0 Å². The van der Waals surface area contributed by atoms with Gasteiger partial charge in [-0.05, 0) is 29.7 Å². The summed E-state index contributed by atoms with van der Waals surface area (Å²) in [6.07, 6.45) is 0. The van der Waals surface area contributed by atoms with E-state index in [0.717, 1.165) is 22.4 Å². The van der Waals surface area contributed by atoms with Gasteiger partial charge in [-0.3, -0.25) is 10.0 Å². The largest absolute Gasteiger partial charge is 0.327 e. The first-order valence-corrected chi connectivity index (χ1v) is 7.52. The molecule has 1 aromatic heterocycles. The monoisotopic (exact) mass is 309 g/mol. The number of amides is 1. The number of fused-ring (bicyclic) bond motifs is 1. The summed E-state index contributed by atoms with van der Waals surface area (Å²) in [6.45, 7) is 4.33. The normalized spacial score (nSPS) is 11.2. The quantitative estimate of drug-likeness (QED) is 0.575. The summed E-state index contributed by atoms with van der Waals surface area (Å²) in [5, 5.41) is 8.74. The molecule has 0 aliphatic heterocycles. The highest BCUT2D eigenvalue weighted by molar-refractivity contribution is 5.97. The summed E-state index contributed by atoms with van der Waals surface area (Å²) < 4.78 is 2.00. The van der Waals surface area contributed by atoms with Crippen LogP contribution in [0.25, 0.3) is 22.4 Å². The van der Waals surface area contributed by atoms with Crippen LogP contribution in [0.2, 0.25) is 0 Å². The fraction of sp³-hybridized carbons (Fsp3) is 0.222. The molecule has 5 heteroatoms. The molecule has 1 amide bonds. The minimum atomic E-state index is -0.541. The molecule has 0 saturated heterocycles. The number of imidazole rings is 1. The second kappa shape index (κ2) is 5.85. The molecule has 118 valence electrons. The summed E-state index contributed by atoms with van der Waals surface area (Å²) in [7, 11) is 1.95. The van der Waals surface area contributed by atoms with Crippen molar-refractivity contribution in [2.45, 2.75) is 19.8 Å². The van der Waals surface area contributed by atoms with E-state index in [1.807, 2.05) is 17.7 Å². The number of aryl methyl sites for hydroxylation is 1. The highest BCUT2D eigenvalue weighted by Crippen LogP contribution is 2.26. The van der Waals surface area contributed by atoms with Crippen LogP contribution in [-0.4, -0.2) is 20.7 Å². The van der Waals surface area contributed by atoms with Crippen molar-refractivity contribution < 1.29 is 10.0 Å². The number of hydrogen-bond donors (Lipinski definition) is 2. The molecule has 0 fully saturated rings. The molecule has 3 rings (SSSR count). The zero-order valence-corrected chi connectivity index (χ0v) is 13.4. The van der Waals surface area contributed by atoms with Gasteiger partial charge >= 0.3 is 0 Å². The second-order valence-electron chi connectivity index (χ2n) is 5.92. The topological polar surface area (TPSA) is 67.2 Å². The first-order valence-electron chi connectivity index (χ1n) is 7.52. The molecular weight excluding hydrogens is 290 g/mol. The molecule has 0 aliphatic rings. The summed E-state index contributed by atoms with van der Waals surface area (Å²) in [5.74, 6) is 0.793. The van der Waals surface area contributed by atoms with Gasteiger partial charge in [0.1, 0.15) is 5.82 Å². The molecule has 23 heavy (non-hydrogen) atoms. The predicted molar refractivity (Wildman–Crippen MR) is 89.5 cm³/mol. The van der Waals surface area contributed by atoms with Crippen molar-refractivity contribution in [3.05, 3.63) is 53.6 Å². The van der Waals surface area contributed by atoms with Crippen molar-refractivity contribution in [2.75, 3.05) is 0 Å². The van der Waals surface area contributed by atoms with Gasteiger partial charge in [0.05, 0.1) is 11.0 Å². The lowest BCUT2D eigenvalue weighted by Gasteiger charge is -2.07. The third-order valence-corrected chi connectivity index (χ3v) is 4.08. The molecule has 0 unspecified atom stereocenters. The van der Waals surface area contributed by atoms with Crippen molar-refractivity contribution in [1.29, 1.82) is 0 Å². The van der Waals surface area contributed by atoms with Crippen LogP contribution in [-0.2, 0) is 7.05 Å². The Morgan fingerprint density at radius 1 is 1.17 bits per heavy atom. The molecule has 3 aromatic rings. The van der Waals surface area contributed by atoms with E-state index in [1.54, 1.807) is 17.6 Å². The second-order valence-corrected chi connectivity index (χ2v) is 5.92. The lowest BCUT2D eigenvalue weighted by atomic mass is 10.0. The minimum absolute atomic E-state index is 0.375. The number of hydrogen-bond acceptors (Lipinski definition) is 3. The number of nitrogens with one attached hydrogen (secondary N) is 1. The summed E-state index contributed by atoms with van der Waals surface area (Å²) in [6, 6.07) is 13.5. The first-order chi connectivity index (χ1) is 11.0. The van der Waals surface area contributed by atoms with Gasteiger partial charge in [0.2, 0.25) is 0 Å². The van der Waals surface area contributed by atoms with E-state index in [0.29, 0.717) is 11.5 Å². The summed E-state index contributed by atoms with van der Waals surface area (Å²) in [5.41, 5.74) is 5.98. The lowest BCUT2D eigenvalue weighted by molar-refractivity contribution is 0.0706. The smallest absolute Gasteiger partial charge is 0.274 e. The maximum Gasteiger partial charge on any atom is 0.274 e. The van der Waals surface area contributed by atoms with E-state index < -0.39 is 5.91 Å². The first kappa shape index (κ1) is 15.2. The Kier molecular flexibility index (Phi) is 3.88. The van der Waals surface area contributed by atoms with Crippen LogP contribution in [0.1, 0.15) is 35.7 Å². The van der Waals surface area contributed by atoms with Crippen LogP contribution < -0.4 is 5.48 Å². The van der Waals surface area contributed by atoms with E-state index in [2.05, 4.69) is 43.1 Å². The Hall–Kier alpha value is -2.66. The van der Waals surface area contributed by atoms with E-state index in [9.17, 15) is 4.79 Å². The van der Waals surface area contributed by atoms with Crippen molar-refractivity contribution in [3.63, 3.8) is 0 Å². The van der Waals surface area contributed by atoms with Crippen molar-refractivity contribution in [2.24, 2.45) is 7.05 Å². The van der Waals surface area contributed by atoms with Crippen LogP contribution in [0.5, 0.6) is 0 Å². The molecule has 5 nitrogen and oxygen atoms in total.